The highest BCUT2D eigenvalue weighted by atomic mass is 16.5. The Bertz CT molecular complexity index is 445. The number of nitrogens with one attached hydrogen (secondary N) is 1. The van der Waals surface area contributed by atoms with E-state index in [0.717, 1.165) is 43.5 Å². The highest BCUT2D eigenvalue weighted by Gasteiger charge is 2.42. The summed E-state index contributed by atoms with van der Waals surface area (Å²) in [7, 11) is 1.66. The van der Waals surface area contributed by atoms with Gasteiger partial charge in [0, 0.05) is 6.54 Å². The summed E-state index contributed by atoms with van der Waals surface area (Å²) in [6, 6.07) is 7.98. The molecule has 1 fully saturated rings. The second kappa shape index (κ2) is 6.29. The molecule has 0 unspecified atom stereocenters. The van der Waals surface area contributed by atoms with Gasteiger partial charge in [-0.3, -0.25) is 4.79 Å². The van der Waals surface area contributed by atoms with Crippen molar-refractivity contribution < 1.29 is 9.53 Å². The van der Waals surface area contributed by atoms with Gasteiger partial charge in [0.1, 0.15) is 5.75 Å². The molecule has 3 heteroatoms. The molecule has 20 heavy (non-hydrogen) atoms. The minimum absolute atomic E-state index is 0.189. The average molecular weight is 275 g/mol. The molecule has 0 atom stereocenters. The van der Waals surface area contributed by atoms with E-state index < -0.39 is 0 Å². The number of amides is 1. The molecule has 2 rings (SSSR count). The average Bonchev–Trinajstić information content (AvgIpc) is 2.95. The van der Waals surface area contributed by atoms with E-state index in [-0.39, 0.29) is 11.3 Å². The zero-order valence-corrected chi connectivity index (χ0v) is 12.7. The van der Waals surface area contributed by atoms with E-state index in [9.17, 15) is 4.79 Å². The lowest BCUT2D eigenvalue weighted by Gasteiger charge is -2.29. The summed E-state index contributed by atoms with van der Waals surface area (Å²) in [6.45, 7) is 4.99. The first-order chi connectivity index (χ1) is 9.58. The van der Waals surface area contributed by atoms with Crippen LogP contribution in [0, 0.1) is 5.92 Å². The van der Waals surface area contributed by atoms with E-state index >= 15 is 0 Å². The molecule has 1 amide bonds. The van der Waals surface area contributed by atoms with E-state index in [4.69, 9.17) is 4.74 Å². The number of ether oxygens (including phenoxy) is 1. The van der Waals surface area contributed by atoms with Crippen LogP contribution in [0.2, 0.25) is 0 Å². The van der Waals surface area contributed by atoms with Crippen LogP contribution in [0.4, 0.5) is 0 Å². The van der Waals surface area contributed by atoms with Crippen molar-refractivity contribution in [2.75, 3.05) is 13.7 Å². The number of benzene rings is 1. The normalized spacial score (nSPS) is 17.2. The molecule has 1 aromatic rings. The zero-order chi connectivity index (χ0) is 14.6. The van der Waals surface area contributed by atoms with Crippen LogP contribution in [0.1, 0.15) is 45.1 Å². The van der Waals surface area contributed by atoms with E-state index in [1.165, 1.54) is 0 Å². The molecule has 1 aliphatic rings. The van der Waals surface area contributed by atoms with Crippen LogP contribution in [0.5, 0.6) is 5.75 Å². The molecule has 0 radical (unpaired) electrons. The third kappa shape index (κ3) is 2.97. The minimum atomic E-state index is -0.332. The maximum absolute atomic E-state index is 12.7. The van der Waals surface area contributed by atoms with Crippen LogP contribution in [-0.4, -0.2) is 19.6 Å². The Morgan fingerprint density at radius 3 is 2.35 bits per heavy atom. The van der Waals surface area contributed by atoms with Crippen molar-refractivity contribution in [3.8, 4) is 5.75 Å². The molecule has 0 spiro atoms. The van der Waals surface area contributed by atoms with Crippen LogP contribution < -0.4 is 10.1 Å². The monoisotopic (exact) mass is 275 g/mol. The van der Waals surface area contributed by atoms with E-state index in [1.54, 1.807) is 7.11 Å². The van der Waals surface area contributed by atoms with Gasteiger partial charge in [0.25, 0.3) is 0 Å². The predicted molar refractivity (Wildman–Crippen MR) is 81.0 cm³/mol. The molecule has 0 bridgehead atoms. The van der Waals surface area contributed by atoms with Crippen molar-refractivity contribution >= 4 is 5.91 Å². The quantitative estimate of drug-likeness (QED) is 0.895. The van der Waals surface area contributed by atoms with Crippen LogP contribution in [0.3, 0.4) is 0 Å². The number of carbonyl (C=O) groups excluding carboxylic acids is 1. The minimum Gasteiger partial charge on any atom is -0.497 e. The molecule has 1 aliphatic carbocycles. The number of methoxy groups -OCH3 is 1. The maximum atomic E-state index is 12.7. The molecular weight excluding hydrogens is 250 g/mol. The number of rotatable bonds is 5. The predicted octanol–water partition coefficient (Wildman–Crippen LogP) is 3.28. The Kier molecular flexibility index (Phi) is 4.69. The molecule has 110 valence electrons. The van der Waals surface area contributed by atoms with Crippen molar-refractivity contribution in [1.82, 2.24) is 5.32 Å². The Morgan fingerprint density at radius 1 is 1.25 bits per heavy atom. The second-order valence-corrected chi connectivity index (χ2v) is 6.12. The fourth-order valence-corrected chi connectivity index (χ4v) is 3.00. The van der Waals surface area contributed by atoms with Gasteiger partial charge < -0.3 is 10.1 Å². The summed E-state index contributed by atoms with van der Waals surface area (Å²) in [5, 5.41) is 3.12. The van der Waals surface area contributed by atoms with Crippen LogP contribution in [0.25, 0.3) is 0 Å². The van der Waals surface area contributed by atoms with Gasteiger partial charge in [-0.25, -0.2) is 0 Å². The van der Waals surface area contributed by atoms with Crippen molar-refractivity contribution in [1.29, 1.82) is 0 Å². The van der Waals surface area contributed by atoms with Gasteiger partial charge in [0.2, 0.25) is 5.91 Å². The summed E-state index contributed by atoms with van der Waals surface area (Å²) in [5.74, 6) is 1.51. The van der Waals surface area contributed by atoms with Gasteiger partial charge in [-0.05, 0) is 36.5 Å². The summed E-state index contributed by atoms with van der Waals surface area (Å²) in [6.07, 6.45) is 4.15. The number of hydrogen-bond donors (Lipinski definition) is 1. The lowest BCUT2D eigenvalue weighted by Crippen LogP contribution is -2.43. The summed E-state index contributed by atoms with van der Waals surface area (Å²) >= 11 is 0. The highest BCUT2D eigenvalue weighted by Crippen LogP contribution is 2.41. The standard InChI is InChI=1S/C17H25NO2/c1-13(2)12-18-16(19)17(10-4-5-11-17)14-6-8-15(20-3)9-7-14/h6-9,13H,4-5,10-12H2,1-3H3,(H,18,19). The van der Waals surface area contributed by atoms with Crippen molar-refractivity contribution in [3.05, 3.63) is 29.8 Å². The first kappa shape index (κ1) is 14.9. The fraction of sp³-hybridized carbons (Fsp3) is 0.588. The van der Waals surface area contributed by atoms with Crippen LogP contribution in [0.15, 0.2) is 24.3 Å². The number of hydrogen-bond acceptors (Lipinski definition) is 2. The Morgan fingerprint density at radius 2 is 1.85 bits per heavy atom. The first-order valence-electron chi connectivity index (χ1n) is 7.51. The summed E-state index contributed by atoms with van der Waals surface area (Å²) in [5.41, 5.74) is 0.790. The number of carbonyl (C=O) groups is 1. The van der Waals surface area contributed by atoms with E-state index in [1.807, 2.05) is 24.3 Å². The molecule has 3 nitrogen and oxygen atoms in total. The molecule has 1 N–H and O–H groups in total. The molecule has 0 saturated heterocycles. The zero-order valence-electron chi connectivity index (χ0n) is 12.7. The van der Waals surface area contributed by atoms with Gasteiger partial charge in [-0.15, -0.1) is 0 Å². The highest BCUT2D eigenvalue weighted by molar-refractivity contribution is 5.88. The SMILES string of the molecule is COc1ccc(C2(C(=O)NCC(C)C)CCCC2)cc1. The second-order valence-electron chi connectivity index (χ2n) is 6.12. The van der Waals surface area contributed by atoms with Crippen molar-refractivity contribution in [3.63, 3.8) is 0 Å². The molecule has 0 aliphatic heterocycles. The third-order valence-corrected chi connectivity index (χ3v) is 4.21. The lowest BCUT2D eigenvalue weighted by atomic mass is 9.78. The van der Waals surface area contributed by atoms with Gasteiger partial charge in [-0.2, -0.15) is 0 Å². The summed E-state index contributed by atoms with van der Waals surface area (Å²) < 4.78 is 5.20. The van der Waals surface area contributed by atoms with Gasteiger partial charge in [0.15, 0.2) is 0 Å². The van der Waals surface area contributed by atoms with Gasteiger partial charge >= 0.3 is 0 Å². The summed E-state index contributed by atoms with van der Waals surface area (Å²) in [4.78, 5) is 12.7. The van der Waals surface area contributed by atoms with E-state index in [0.29, 0.717) is 5.92 Å². The molecule has 0 aromatic heterocycles. The van der Waals surface area contributed by atoms with Crippen LogP contribution >= 0.6 is 0 Å². The van der Waals surface area contributed by atoms with E-state index in [2.05, 4.69) is 19.2 Å². The topological polar surface area (TPSA) is 38.3 Å². The Labute approximate surface area is 121 Å². The lowest BCUT2D eigenvalue weighted by molar-refractivity contribution is -0.126. The molecular formula is C17H25NO2. The fourth-order valence-electron chi connectivity index (χ4n) is 3.00. The molecule has 1 saturated carbocycles. The van der Waals surface area contributed by atoms with Gasteiger partial charge in [-0.1, -0.05) is 38.8 Å². The smallest absolute Gasteiger partial charge is 0.230 e. The Balaban J connectivity index is 2.21. The van der Waals surface area contributed by atoms with Crippen molar-refractivity contribution in [2.24, 2.45) is 5.92 Å². The molecule has 1 aromatic carbocycles. The third-order valence-electron chi connectivity index (χ3n) is 4.21. The van der Waals surface area contributed by atoms with Crippen LogP contribution in [-0.2, 0) is 10.2 Å². The van der Waals surface area contributed by atoms with Gasteiger partial charge in [0.05, 0.1) is 12.5 Å². The molecule has 0 heterocycles. The maximum Gasteiger partial charge on any atom is 0.230 e. The van der Waals surface area contributed by atoms with Crippen molar-refractivity contribution in [2.45, 2.75) is 44.9 Å². The Hall–Kier alpha value is -1.51. The largest absolute Gasteiger partial charge is 0.497 e. The first-order valence-corrected chi connectivity index (χ1v) is 7.51.